The molecule has 0 spiro atoms. The van der Waals surface area contributed by atoms with Crippen molar-refractivity contribution in [3.8, 4) is 0 Å². The Balaban J connectivity index is 2.06. The van der Waals surface area contributed by atoms with E-state index in [2.05, 4.69) is 0 Å². The second kappa shape index (κ2) is 8.09. The van der Waals surface area contributed by atoms with Gasteiger partial charge in [0, 0.05) is 29.0 Å². The van der Waals surface area contributed by atoms with Crippen molar-refractivity contribution in [2.45, 2.75) is 38.7 Å². The second-order valence-corrected chi connectivity index (χ2v) is 7.81. The van der Waals surface area contributed by atoms with Crippen LogP contribution in [-0.4, -0.2) is 29.2 Å². The summed E-state index contributed by atoms with van der Waals surface area (Å²) < 4.78 is 5.24. The number of aliphatic hydroxyl groups is 1. The summed E-state index contributed by atoms with van der Waals surface area (Å²) in [5.41, 5.74) is -2.08. The lowest BCUT2D eigenvalue weighted by atomic mass is 9.70. The molecule has 152 valence electrons. The number of carbonyl (C=O) groups excluding carboxylic acids is 3. The van der Waals surface area contributed by atoms with Gasteiger partial charge in [-0.25, -0.2) is 0 Å². The predicted octanol–water partition coefficient (Wildman–Crippen LogP) is 4.35. The molecule has 2 aromatic carbocycles. The number of benzene rings is 2. The van der Waals surface area contributed by atoms with Crippen LogP contribution in [0.5, 0.6) is 0 Å². The molecule has 1 N–H and O–H groups in total. The molecule has 3 rings (SSSR count). The van der Waals surface area contributed by atoms with Gasteiger partial charge in [-0.2, -0.15) is 0 Å². The molecule has 0 fully saturated rings. The Morgan fingerprint density at radius 3 is 2.21 bits per heavy atom. The zero-order valence-corrected chi connectivity index (χ0v) is 17.2. The van der Waals surface area contributed by atoms with Crippen LogP contribution >= 0.6 is 11.6 Å². The summed E-state index contributed by atoms with van der Waals surface area (Å²) in [7, 11) is 0. The van der Waals surface area contributed by atoms with Crippen LogP contribution in [0.4, 0.5) is 0 Å². The Kier molecular flexibility index (Phi) is 5.92. The maximum absolute atomic E-state index is 13.3. The monoisotopic (exact) mass is 414 g/mol. The van der Waals surface area contributed by atoms with E-state index in [1.54, 1.807) is 62.4 Å². The van der Waals surface area contributed by atoms with Crippen molar-refractivity contribution in [3.63, 3.8) is 0 Å². The average Bonchev–Trinajstić information content (AvgIpc) is 2.94. The molecule has 6 heteroatoms. The first-order valence-corrected chi connectivity index (χ1v) is 9.98. The lowest BCUT2D eigenvalue weighted by Crippen LogP contribution is -2.44. The van der Waals surface area contributed by atoms with Crippen molar-refractivity contribution in [2.24, 2.45) is 5.41 Å². The minimum absolute atomic E-state index is 0.147. The molecule has 0 aromatic heterocycles. The van der Waals surface area contributed by atoms with Gasteiger partial charge in [-0.05, 0) is 24.1 Å². The summed E-state index contributed by atoms with van der Waals surface area (Å²) in [5, 5.41) is 12.0. The van der Waals surface area contributed by atoms with Crippen LogP contribution in [0.15, 0.2) is 48.5 Å². The maximum atomic E-state index is 13.3. The molecule has 1 unspecified atom stereocenters. The van der Waals surface area contributed by atoms with Crippen molar-refractivity contribution in [1.29, 1.82) is 0 Å². The number of carbonyl (C=O) groups is 3. The van der Waals surface area contributed by atoms with Gasteiger partial charge in [0.2, 0.25) is 0 Å². The van der Waals surface area contributed by atoms with Crippen LogP contribution in [0.25, 0.3) is 0 Å². The van der Waals surface area contributed by atoms with Crippen LogP contribution in [-0.2, 0) is 15.1 Å². The molecule has 2 aromatic rings. The first-order chi connectivity index (χ1) is 13.8. The fourth-order valence-electron chi connectivity index (χ4n) is 3.92. The highest BCUT2D eigenvalue weighted by Gasteiger charge is 2.55. The van der Waals surface area contributed by atoms with Gasteiger partial charge >= 0.3 is 5.97 Å². The number of ether oxygens (including phenoxy) is 1. The number of hydrogen-bond acceptors (Lipinski definition) is 5. The van der Waals surface area contributed by atoms with Crippen molar-refractivity contribution in [3.05, 3.63) is 70.2 Å². The van der Waals surface area contributed by atoms with E-state index < -0.39 is 17.0 Å². The van der Waals surface area contributed by atoms with E-state index in [9.17, 15) is 19.5 Å². The smallest absolute Gasteiger partial charge is 0.305 e. The molecule has 0 radical (unpaired) electrons. The molecule has 5 nitrogen and oxygen atoms in total. The first-order valence-electron chi connectivity index (χ1n) is 9.60. The maximum Gasteiger partial charge on any atom is 0.305 e. The Hall–Kier alpha value is -2.50. The molecule has 1 aliphatic carbocycles. The van der Waals surface area contributed by atoms with Crippen molar-refractivity contribution < 1.29 is 24.2 Å². The van der Waals surface area contributed by atoms with Gasteiger partial charge in [0.15, 0.2) is 11.6 Å². The summed E-state index contributed by atoms with van der Waals surface area (Å²) >= 11 is 6.10. The molecule has 0 heterocycles. The highest BCUT2D eigenvalue weighted by atomic mass is 35.5. The second-order valence-electron chi connectivity index (χ2n) is 7.37. The van der Waals surface area contributed by atoms with Gasteiger partial charge in [0.1, 0.15) is 12.2 Å². The normalized spacial score (nSPS) is 17.0. The molecular formula is C23H23ClO5. The van der Waals surface area contributed by atoms with Crippen molar-refractivity contribution in [1.82, 2.24) is 0 Å². The lowest BCUT2D eigenvalue weighted by molar-refractivity contribution is -0.153. The Morgan fingerprint density at radius 1 is 1.07 bits per heavy atom. The number of ketones is 2. The Morgan fingerprint density at radius 2 is 1.69 bits per heavy atom. The highest BCUT2D eigenvalue weighted by molar-refractivity contribution is 6.30. The average molecular weight is 415 g/mol. The lowest BCUT2D eigenvalue weighted by Gasteiger charge is -2.36. The van der Waals surface area contributed by atoms with Gasteiger partial charge in [-0.15, -0.1) is 0 Å². The van der Waals surface area contributed by atoms with Gasteiger partial charge in [0.25, 0.3) is 0 Å². The van der Waals surface area contributed by atoms with E-state index in [0.29, 0.717) is 21.7 Å². The third-order valence-electron chi connectivity index (χ3n) is 5.61. The quantitative estimate of drug-likeness (QED) is 0.538. The SMILES string of the molecule is CCC(=O)OCC(O)(CC1(CC)C(=O)c2ccccc2C1=O)c1cccc(Cl)c1. The van der Waals surface area contributed by atoms with Gasteiger partial charge in [-0.3, -0.25) is 14.4 Å². The third-order valence-corrected chi connectivity index (χ3v) is 5.84. The van der Waals surface area contributed by atoms with Crippen LogP contribution in [0.3, 0.4) is 0 Å². The van der Waals surface area contributed by atoms with E-state index in [4.69, 9.17) is 16.3 Å². The zero-order chi connectivity index (χ0) is 21.2. The molecule has 0 saturated carbocycles. The van der Waals surface area contributed by atoms with Crippen molar-refractivity contribution in [2.75, 3.05) is 6.61 Å². The fraction of sp³-hybridized carbons (Fsp3) is 0.348. The Bertz CT molecular complexity index is 932. The van der Waals surface area contributed by atoms with Gasteiger partial charge in [-0.1, -0.05) is 61.8 Å². The number of hydrogen-bond donors (Lipinski definition) is 1. The van der Waals surface area contributed by atoms with E-state index in [1.165, 1.54) is 0 Å². The summed E-state index contributed by atoms with van der Waals surface area (Å²) in [6.07, 6.45) is 0.151. The molecule has 0 amide bonds. The number of fused-ring (bicyclic) bond motifs is 1. The molecular weight excluding hydrogens is 392 g/mol. The number of rotatable bonds is 7. The van der Waals surface area contributed by atoms with Crippen LogP contribution in [0.1, 0.15) is 59.4 Å². The minimum Gasteiger partial charge on any atom is -0.462 e. The highest BCUT2D eigenvalue weighted by Crippen LogP contribution is 2.47. The summed E-state index contributed by atoms with van der Waals surface area (Å²) in [6, 6.07) is 13.2. The van der Waals surface area contributed by atoms with E-state index >= 15 is 0 Å². The fourth-order valence-corrected chi connectivity index (χ4v) is 4.11. The summed E-state index contributed by atoms with van der Waals surface area (Å²) in [6.45, 7) is 3.02. The molecule has 0 aliphatic heterocycles. The summed E-state index contributed by atoms with van der Waals surface area (Å²) in [4.78, 5) is 38.3. The largest absolute Gasteiger partial charge is 0.462 e. The standard InChI is InChI=1S/C23H23ClO5/c1-3-19(25)29-14-23(28,15-8-7-9-16(24)12-15)13-22(4-2)20(26)17-10-5-6-11-18(17)21(22)27/h5-12,28H,3-4,13-14H2,1-2H3. The molecule has 0 saturated heterocycles. The van der Waals surface area contributed by atoms with Gasteiger partial charge in [0.05, 0.1) is 5.41 Å². The molecule has 1 aliphatic rings. The topological polar surface area (TPSA) is 80.7 Å². The molecule has 1 atom stereocenters. The number of Topliss-reactive ketones (excluding diaryl/α,β-unsaturated/α-hetero) is 2. The van der Waals surface area contributed by atoms with Crippen LogP contribution in [0, 0.1) is 5.41 Å². The van der Waals surface area contributed by atoms with E-state index in [1.807, 2.05) is 0 Å². The third kappa shape index (κ3) is 3.72. The molecule has 29 heavy (non-hydrogen) atoms. The molecule has 0 bridgehead atoms. The van der Waals surface area contributed by atoms with E-state index in [-0.39, 0.29) is 37.4 Å². The minimum atomic E-state index is -1.75. The van der Waals surface area contributed by atoms with Crippen LogP contribution in [0.2, 0.25) is 5.02 Å². The first kappa shape index (κ1) is 21.2. The van der Waals surface area contributed by atoms with E-state index in [0.717, 1.165) is 0 Å². The van der Waals surface area contributed by atoms with Crippen LogP contribution < -0.4 is 0 Å². The summed E-state index contributed by atoms with van der Waals surface area (Å²) in [5.74, 6) is -1.12. The van der Waals surface area contributed by atoms with Gasteiger partial charge < -0.3 is 9.84 Å². The predicted molar refractivity (Wildman–Crippen MR) is 109 cm³/mol. The Labute approximate surface area is 174 Å². The number of halogens is 1. The zero-order valence-electron chi connectivity index (χ0n) is 16.4. The van der Waals surface area contributed by atoms with Crippen molar-refractivity contribution >= 4 is 29.1 Å². The number of esters is 1.